The van der Waals surface area contributed by atoms with E-state index in [1.165, 1.54) is 6.92 Å². The van der Waals surface area contributed by atoms with E-state index in [1.807, 2.05) is 6.92 Å². The Morgan fingerprint density at radius 1 is 1.08 bits per heavy atom. The van der Waals surface area contributed by atoms with Crippen molar-refractivity contribution in [2.24, 2.45) is 0 Å². The summed E-state index contributed by atoms with van der Waals surface area (Å²) in [4.78, 5) is 37.0. The van der Waals surface area contributed by atoms with Gasteiger partial charge in [0.05, 0.1) is 23.7 Å². The highest BCUT2D eigenvalue weighted by atomic mass is 32.1. The van der Waals surface area contributed by atoms with Gasteiger partial charge in [-0.25, -0.2) is 4.79 Å². The fourth-order valence-electron chi connectivity index (χ4n) is 2.43. The number of esters is 1. The van der Waals surface area contributed by atoms with Crippen molar-refractivity contribution in [2.75, 3.05) is 18.5 Å². The van der Waals surface area contributed by atoms with Gasteiger partial charge in [0, 0.05) is 5.56 Å². The van der Waals surface area contributed by atoms with E-state index >= 15 is 0 Å². The first-order valence-corrected chi connectivity index (χ1v) is 9.06. The Bertz CT molecular complexity index is 823. The van der Waals surface area contributed by atoms with E-state index in [1.54, 1.807) is 38.1 Å². The second kappa shape index (κ2) is 8.62. The van der Waals surface area contributed by atoms with Gasteiger partial charge in [-0.3, -0.25) is 9.59 Å². The topological polar surface area (TPSA) is 81.7 Å². The summed E-state index contributed by atoms with van der Waals surface area (Å²) in [5.74, 6) is -0.438. The van der Waals surface area contributed by atoms with Crippen LogP contribution in [0.4, 0.5) is 5.00 Å². The molecule has 2 aromatic rings. The van der Waals surface area contributed by atoms with Crippen LogP contribution in [0.15, 0.2) is 24.3 Å². The lowest BCUT2D eigenvalue weighted by atomic mass is 10.1. The van der Waals surface area contributed by atoms with Crippen molar-refractivity contribution in [1.29, 1.82) is 0 Å². The van der Waals surface area contributed by atoms with E-state index in [4.69, 9.17) is 9.47 Å². The molecule has 7 heteroatoms. The van der Waals surface area contributed by atoms with Crippen molar-refractivity contribution in [1.82, 2.24) is 0 Å². The maximum absolute atomic E-state index is 12.5. The first-order valence-electron chi connectivity index (χ1n) is 8.24. The number of nitrogens with one attached hydrogen (secondary N) is 1. The third-order valence-corrected chi connectivity index (χ3v) is 4.91. The van der Waals surface area contributed by atoms with E-state index in [2.05, 4.69) is 5.32 Å². The summed E-state index contributed by atoms with van der Waals surface area (Å²) >= 11 is 1.08. The lowest BCUT2D eigenvalue weighted by molar-refractivity contribution is 0.0527. The van der Waals surface area contributed by atoms with Crippen LogP contribution in [0.2, 0.25) is 0 Å². The van der Waals surface area contributed by atoms with Gasteiger partial charge in [0.15, 0.2) is 5.78 Å². The summed E-state index contributed by atoms with van der Waals surface area (Å²) in [7, 11) is 0. The average molecular weight is 375 g/mol. The maximum Gasteiger partial charge on any atom is 0.341 e. The molecular weight excluding hydrogens is 354 g/mol. The number of amides is 1. The highest BCUT2D eigenvalue weighted by molar-refractivity contribution is 7.18. The Kier molecular flexibility index (Phi) is 6.52. The fourth-order valence-corrected chi connectivity index (χ4v) is 3.52. The van der Waals surface area contributed by atoms with Crippen LogP contribution in [0.1, 0.15) is 56.7 Å². The molecule has 1 heterocycles. The van der Waals surface area contributed by atoms with Gasteiger partial charge in [-0.2, -0.15) is 0 Å². The summed E-state index contributed by atoms with van der Waals surface area (Å²) in [6.07, 6.45) is 0. The van der Waals surface area contributed by atoms with E-state index in [0.29, 0.717) is 33.4 Å². The largest absolute Gasteiger partial charge is 0.494 e. The summed E-state index contributed by atoms with van der Waals surface area (Å²) in [5.41, 5.74) is 1.16. The van der Waals surface area contributed by atoms with E-state index in [9.17, 15) is 14.4 Å². The van der Waals surface area contributed by atoms with Crippen molar-refractivity contribution >= 4 is 34.0 Å². The number of carbonyl (C=O) groups is 3. The van der Waals surface area contributed by atoms with Gasteiger partial charge in [0.2, 0.25) is 0 Å². The second-order valence-electron chi connectivity index (χ2n) is 5.45. The van der Waals surface area contributed by atoms with Gasteiger partial charge < -0.3 is 14.8 Å². The summed E-state index contributed by atoms with van der Waals surface area (Å²) in [6, 6.07) is 6.67. The molecule has 0 radical (unpaired) electrons. The van der Waals surface area contributed by atoms with Crippen molar-refractivity contribution in [3.63, 3.8) is 0 Å². The van der Waals surface area contributed by atoms with Crippen LogP contribution in [0.3, 0.4) is 0 Å². The molecule has 1 N–H and O–H groups in total. The van der Waals surface area contributed by atoms with Crippen molar-refractivity contribution in [3.8, 4) is 5.75 Å². The molecule has 0 unspecified atom stereocenters. The number of rotatable bonds is 7. The van der Waals surface area contributed by atoms with Crippen LogP contribution in [-0.4, -0.2) is 30.9 Å². The SMILES string of the molecule is CCOC(=O)c1c(NC(=O)c2ccc(OCC)cc2)sc(C(C)=O)c1C. The number of benzene rings is 1. The van der Waals surface area contributed by atoms with Gasteiger partial charge in [0.1, 0.15) is 10.8 Å². The molecular formula is C19H21NO5S. The van der Waals surface area contributed by atoms with E-state index in [-0.39, 0.29) is 23.9 Å². The Morgan fingerprint density at radius 2 is 1.73 bits per heavy atom. The molecule has 0 saturated heterocycles. The number of hydrogen-bond acceptors (Lipinski definition) is 6. The molecule has 0 saturated carbocycles. The Balaban J connectivity index is 2.32. The molecule has 1 aromatic carbocycles. The average Bonchev–Trinajstić information content (AvgIpc) is 2.92. The predicted octanol–water partition coefficient (Wildman–Crippen LogP) is 4.09. The number of thiophene rings is 1. The summed E-state index contributed by atoms with van der Waals surface area (Å²) in [5, 5.41) is 3.03. The lowest BCUT2D eigenvalue weighted by Crippen LogP contribution is -2.14. The van der Waals surface area contributed by atoms with Crippen LogP contribution in [-0.2, 0) is 4.74 Å². The number of anilines is 1. The third-order valence-electron chi connectivity index (χ3n) is 3.60. The molecule has 0 spiro atoms. The van der Waals surface area contributed by atoms with E-state index in [0.717, 1.165) is 11.3 Å². The Morgan fingerprint density at radius 3 is 2.27 bits per heavy atom. The molecule has 138 valence electrons. The number of Topliss-reactive ketones (excluding diaryl/α,β-unsaturated/α-hetero) is 1. The highest BCUT2D eigenvalue weighted by Gasteiger charge is 2.25. The minimum atomic E-state index is -0.559. The normalized spacial score (nSPS) is 10.3. The maximum atomic E-state index is 12.5. The van der Waals surface area contributed by atoms with Gasteiger partial charge in [-0.15, -0.1) is 11.3 Å². The van der Waals surface area contributed by atoms with Crippen molar-refractivity contribution < 1.29 is 23.9 Å². The Hall–Kier alpha value is -2.67. The summed E-state index contributed by atoms with van der Waals surface area (Å²) in [6.45, 7) is 7.41. The number of hydrogen-bond donors (Lipinski definition) is 1. The fraction of sp³-hybridized carbons (Fsp3) is 0.316. The van der Waals surface area contributed by atoms with Gasteiger partial charge in [-0.1, -0.05) is 0 Å². The standard InChI is InChI=1S/C19H21NO5S/c1-5-24-14-9-7-13(8-10-14)17(22)20-18-15(19(23)25-6-2)11(3)16(26-18)12(4)21/h7-10H,5-6H2,1-4H3,(H,20,22). The second-order valence-corrected chi connectivity index (χ2v) is 6.47. The van der Waals surface area contributed by atoms with Crippen LogP contribution in [0, 0.1) is 6.92 Å². The van der Waals surface area contributed by atoms with Crippen molar-refractivity contribution in [2.45, 2.75) is 27.7 Å². The zero-order valence-corrected chi connectivity index (χ0v) is 16.0. The quantitative estimate of drug-likeness (QED) is 0.582. The van der Waals surface area contributed by atoms with Crippen LogP contribution in [0.25, 0.3) is 0 Å². The predicted molar refractivity (Wildman–Crippen MR) is 101 cm³/mol. The lowest BCUT2D eigenvalue weighted by Gasteiger charge is -2.08. The minimum Gasteiger partial charge on any atom is -0.494 e. The molecule has 6 nitrogen and oxygen atoms in total. The van der Waals surface area contributed by atoms with Crippen LogP contribution < -0.4 is 10.1 Å². The monoisotopic (exact) mass is 375 g/mol. The molecule has 0 bridgehead atoms. The van der Waals surface area contributed by atoms with E-state index < -0.39 is 5.97 Å². The molecule has 26 heavy (non-hydrogen) atoms. The zero-order chi connectivity index (χ0) is 19.3. The molecule has 0 atom stereocenters. The van der Waals surface area contributed by atoms with Gasteiger partial charge >= 0.3 is 5.97 Å². The van der Waals surface area contributed by atoms with Gasteiger partial charge in [0.25, 0.3) is 5.91 Å². The smallest absolute Gasteiger partial charge is 0.341 e. The molecule has 2 rings (SSSR count). The molecule has 1 aromatic heterocycles. The molecule has 1 amide bonds. The minimum absolute atomic E-state index is 0.167. The molecule has 0 aliphatic rings. The van der Waals surface area contributed by atoms with Gasteiger partial charge in [-0.05, 0) is 57.5 Å². The number of carbonyl (C=O) groups excluding carboxylic acids is 3. The molecule has 0 fully saturated rings. The third kappa shape index (κ3) is 4.29. The molecule has 0 aliphatic carbocycles. The summed E-state index contributed by atoms with van der Waals surface area (Å²) < 4.78 is 10.4. The van der Waals surface area contributed by atoms with Crippen molar-refractivity contribution in [3.05, 3.63) is 45.8 Å². The van der Waals surface area contributed by atoms with Crippen LogP contribution in [0.5, 0.6) is 5.75 Å². The first-order chi connectivity index (χ1) is 12.4. The highest BCUT2D eigenvalue weighted by Crippen LogP contribution is 2.34. The van der Waals surface area contributed by atoms with Crippen LogP contribution >= 0.6 is 11.3 Å². The zero-order valence-electron chi connectivity index (χ0n) is 15.2. The number of ether oxygens (including phenoxy) is 2. The molecule has 0 aliphatic heterocycles. The number of ketones is 1. The first kappa shape index (κ1) is 19.7. The Labute approximate surface area is 156 Å².